The largest absolute Gasteiger partial charge is 0.520 e. The Kier molecular flexibility index (Phi) is 6.86. The van der Waals surface area contributed by atoms with Crippen molar-refractivity contribution in [1.82, 2.24) is 0 Å². The molecule has 0 radical (unpaired) electrons. The van der Waals surface area contributed by atoms with Gasteiger partial charge >= 0.3 is 0 Å². The average Bonchev–Trinajstić information content (AvgIpc) is 2.41. The van der Waals surface area contributed by atoms with E-state index < -0.39 is 8.32 Å². The van der Waals surface area contributed by atoms with E-state index in [4.69, 9.17) is 9.16 Å². The minimum atomic E-state index is -1.61. The summed E-state index contributed by atoms with van der Waals surface area (Å²) in [6.07, 6.45) is 3.03. The Hall–Kier alpha value is -1.22. The number of rotatable bonds is 8. The van der Waals surface area contributed by atoms with Gasteiger partial charge in [0.2, 0.25) is 8.32 Å². The fourth-order valence-electron chi connectivity index (χ4n) is 1.75. The summed E-state index contributed by atoms with van der Waals surface area (Å²) >= 11 is 0. The van der Waals surface area contributed by atoms with E-state index in [2.05, 4.69) is 57.8 Å². The Morgan fingerprint density at radius 1 is 1.10 bits per heavy atom. The molecule has 0 aliphatic heterocycles. The van der Waals surface area contributed by atoms with Crippen LogP contribution in [0.1, 0.15) is 32.3 Å². The molecule has 112 valence electrons. The van der Waals surface area contributed by atoms with Crippen molar-refractivity contribution >= 4 is 8.32 Å². The minimum absolute atomic E-state index is 0.714. The summed E-state index contributed by atoms with van der Waals surface area (Å²) in [6.45, 7) is 11.5. The second-order valence-electron chi connectivity index (χ2n) is 6.07. The number of benzene rings is 1. The van der Waals surface area contributed by atoms with Gasteiger partial charge in [0.15, 0.2) is 0 Å². The maximum atomic E-state index is 6.04. The Morgan fingerprint density at radius 3 is 2.30 bits per heavy atom. The smallest absolute Gasteiger partial charge is 0.264 e. The van der Waals surface area contributed by atoms with Crippen LogP contribution in [-0.4, -0.2) is 14.9 Å². The summed E-state index contributed by atoms with van der Waals surface area (Å²) < 4.78 is 11.9. The molecule has 0 aromatic heterocycles. The summed E-state index contributed by atoms with van der Waals surface area (Å²) in [4.78, 5) is 0. The van der Waals surface area contributed by atoms with Gasteiger partial charge in [0.05, 0.1) is 6.61 Å². The number of hydrogen-bond donors (Lipinski definition) is 0. The maximum absolute atomic E-state index is 6.04. The van der Waals surface area contributed by atoms with Crippen LogP contribution in [0.25, 0.3) is 0 Å². The molecule has 0 saturated carbocycles. The highest BCUT2D eigenvalue weighted by atomic mass is 28.4. The Balaban J connectivity index is 2.44. The molecule has 0 amide bonds. The zero-order valence-corrected chi connectivity index (χ0v) is 14.5. The molecule has 0 bridgehead atoms. The van der Waals surface area contributed by atoms with E-state index in [-0.39, 0.29) is 0 Å². The van der Waals surface area contributed by atoms with Gasteiger partial charge in [0.25, 0.3) is 5.95 Å². The highest BCUT2D eigenvalue weighted by molar-refractivity contribution is 6.70. The van der Waals surface area contributed by atoms with Crippen LogP contribution in [0.2, 0.25) is 19.6 Å². The summed E-state index contributed by atoms with van der Waals surface area (Å²) in [5.41, 5.74) is 2.56. The SMILES string of the molecule is CC/C(C)=C(/OCCCc1ccccc1)O[Si](C)(C)C. The molecule has 0 fully saturated rings. The summed E-state index contributed by atoms with van der Waals surface area (Å²) in [5, 5.41) is 0. The normalized spacial score (nSPS) is 12.8. The number of aryl methyl sites for hydroxylation is 1. The van der Waals surface area contributed by atoms with Gasteiger partial charge in [0, 0.05) is 5.57 Å². The van der Waals surface area contributed by atoms with Gasteiger partial charge in [-0.3, -0.25) is 0 Å². The molecule has 0 saturated heterocycles. The second-order valence-corrected chi connectivity index (χ2v) is 10.5. The molecule has 0 aliphatic carbocycles. The van der Waals surface area contributed by atoms with Crippen LogP contribution in [0.3, 0.4) is 0 Å². The van der Waals surface area contributed by atoms with Crippen molar-refractivity contribution in [3.63, 3.8) is 0 Å². The predicted molar refractivity (Wildman–Crippen MR) is 88.1 cm³/mol. The van der Waals surface area contributed by atoms with Crippen molar-refractivity contribution < 1.29 is 9.16 Å². The van der Waals surface area contributed by atoms with Gasteiger partial charge in [-0.1, -0.05) is 37.3 Å². The second kappa shape index (κ2) is 8.15. The van der Waals surface area contributed by atoms with E-state index in [0.29, 0.717) is 6.61 Å². The van der Waals surface area contributed by atoms with Crippen LogP contribution in [0.15, 0.2) is 41.9 Å². The molecule has 0 N–H and O–H groups in total. The lowest BCUT2D eigenvalue weighted by atomic mass is 10.1. The molecule has 20 heavy (non-hydrogen) atoms. The van der Waals surface area contributed by atoms with Crippen LogP contribution >= 0.6 is 0 Å². The van der Waals surface area contributed by atoms with E-state index in [1.165, 1.54) is 11.1 Å². The molecular formula is C17H28O2Si. The highest BCUT2D eigenvalue weighted by Crippen LogP contribution is 2.18. The van der Waals surface area contributed by atoms with Crippen LogP contribution in [0, 0.1) is 0 Å². The number of ether oxygens (including phenoxy) is 1. The van der Waals surface area contributed by atoms with E-state index >= 15 is 0 Å². The molecular weight excluding hydrogens is 264 g/mol. The van der Waals surface area contributed by atoms with Gasteiger partial charge in [-0.2, -0.15) is 0 Å². The van der Waals surface area contributed by atoms with Crippen molar-refractivity contribution in [3.05, 3.63) is 47.4 Å². The van der Waals surface area contributed by atoms with E-state index in [1.54, 1.807) is 0 Å². The lowest BCUT2D eigenvalue weighted by molar-refractivity contribution is 0.0962. The zero-order chi connectivity index (χ0) is 15.0. The third-order valence-corrected chi connectivity index (χ3v) is 3.76. The van der Waals surface area contributed by atoms with Crippen molar-refractivity contribution in [2.24, 2.45) is 0 Å². The molecule has 0 heterocycles. The first-order valence-corrected chi connectivity index (χ1v) is 10.9. The molecule has 1 rings (SSSR count). The molecule has 0 aliphatic rings. The Morgan fingerprint density at radius 2 is 1.75 bits per heavy atom. The monoisotopic (exact) mass is 292 g/mol. The van der Waals surface area contributed by atoms with E-state index in [1.807, 2.05) is 6.07 Å². The number of hydrogen-bond acceptors (Lipinski definition) is 2. The Bertz CT molecular complexity index is 418. The van der Waals surface area contributed by atoms with E-state index in [9.17, 15) is 0 Å². The van der Waals surface area contributed by atoms with Gasteiger partial charge < -0.3 is 9.16 Å². The summed E-state index contributed by atoms with van der Waals surface area (Å²) in [6, 6.07) is 10.5. The highest BCUT2D eigenvalue weighted by Gasteiger charge is 2.19. The first-order chi connectivity index (χ1) is 9.42. The topological polar surface area (TPSA) is 18.5 Å². The zero-order valence-electron chi connectivity index (χ0n) is 13.5. The molecule has 2 nitrogen and oxygen atoms in total. The van der Waals surface area contributed by atoms with Crippen molar-refractivity contribution in [2.45, 2.75) is 52.8 Å². The summed E-state index contributed by atoms with van der Waals surface area (Å²) in [7, 11) is -1.61. The minimum Gasteiger partial charge on any atom is -0.520 e. The van der Waals surface area contributed by atoms with Gasteiger partial charge in [-0.05, 0) is 51.4 Å². The first-order valence-electron chi connectivity index (χ1n) is 7.48. The molecule has 0 unspecified atom stereocenters. The molecule has 0 atom stereocenters. The van der Waals surface area contributed by atoms with Crippen LogP contribution in [-0.2, 0) is 15.6 Å². The Labute approximate surface area is 124 Å². The van der Waals surface area contributed by atoms with Crippen LogP contribution in [0.4, 0.5) is 0 Å². The predicted octanol–water partition coefficient (Wildman–Crippen LogP) is 5.13. The van der Waals surface area contributed by atoms with E-state index in [0.717, 1.165) is 25.2 Å². The third-order valence-electron chi connectivity index (χ3n) is 2.96. The van der Waals surface area contributed by atoms with Crippen molar-refractivity contribution in [2.75, 3.05) is 6.61 Å². The molecule has 1 aromatic rings. The van der Waals surface area contributed by atoms with Crippen LogP contribution in [0.5, 0.6) is 0 Å². The van der Waals surface area contributed by atoms with Gasteiger partial charge in [-0.15, -0.1) is 0 Å². The number of allylic oxidation sites excluding steroid dienone is 1. The molecule has 0 spiro atoms. The first kappa shape index (κ1) is 16.8. The average molecular weight is 292 g/mol. The van der Waals surface area contributed by atoms with Crippen molar-refractivity contribution in [1.29, 1.82) is 0 Å². The lowest BCUT2D eigenvalue weighted by Gasteiger charge is -2.23. The molecule has 3 heteroatoms. The quantitative estimate of drug-likeness (QED) is 0.376. The van der Waals surface area contributed by atoms with Crippen LogP contribution < -0.4 is 0 Å². The maximum Gasteiger partial charge on any atom is 0.264 e. The van der Waals surface area contributed by atoms with Gasteiger partial charge in [-0.25, -0.2) is 0 Å². The lowest BCUT2D eigenvalue weighted by Crippen LogP contribution is -2.26. The fourth-order valence-corrected chi connectivity index (χ4v) is 2.54. The fraction of sp³-hybridized carbons (Fsp3) is 0.529. The summed E-state index contributed by atoms with van der Waals surface area (Å²) in [5.74, 6) is 0.764. The third kappa shape index (κ3) is 6.80. The molecule has 1 aromatic carbocycles. The standard InChI is InChI=1S/C17H28O2Si/c1-6-15(2)17(19-20(3,4)5)18-14-10-13-16-11-8-7-9-12-16/h7-9,11-12H,6,10,13-14H2,1-5H3/b17-15-. The van der Waals surface area contributed by atoms with Gasteiger partial charge in [0.1, 0.15) is 0 Å². The van der Waals surface area contributed by atoms with Crippen molar-refractivity contribution in [3.8, 4) is 0 Å².